The lowest BCUT2D eigenvalue weighted by atomic mass is 10.2. The lowest BCUT2D eigenvalue weighted by Gasteiger charge is -2.06. The van der Waals surface area contributed by atoms with Gasteiger partial charge in [-0.25, -0.2) is 0 Å². The molecular weight excluding hydrogens is 230 g/mol. The number of aromatic nitrogens is 1. The molecule has 2 N–H and O–H groups in total. The zero-order valence-corrected chi connectivity index (χ0v) is 10.2. The van der Waals surface area contributed by atoms with Gasteiger partial charge in [-0.15, -0.1) is 0 Å². The number of pyridine rings is 1. The van der Waals surface area contributed by atoms with Gasteiger partial charge in [0.2, 0.25) is 5.91 Å². The Morgan fingerprint density at radius 2 is 2.06 bits per heavy atom. The number of rotatable bonds is 6. The summed E-state index contributed by atoms with van der Waals surface area (Å²) in [6.45, 7) is 1.17. The van der Waals surface area contributed by atoms with Gasteiger partial charge in [0.05, 0.1) is 5.56 Å². The second kappa shape index (κ2) is 6.14. The maximum atomic E-state index is 11.6. The Morgan fingerprint density at radius 3 is 2.72 bits per heavy atom. The van der Waals surface area contributed by atoms with Crippen LogP contribution in [0.2, 0.25) is 0 Å². The normalized spacial score (nSPS) is 14.0. The molecule has 2 rings (SSSR count). The number of nitrogens with one attached hydrogen (secondary N) is 2. The molecule has 1 aliphatic carbocycles. The Morgan fingerprint density at radius 1 is 1.28 bits per heavy atom. The van der Waals surface area contributed by atoms with Crippen molar-refractivity contribution in [3.8, 4) is 0 Å². The fourth-order valence-electron chi connectivity index (χ4n) is 1.59. The largest absolute Gasteiger partial charge is 0.356 e. The molecule has 0 atom stereocenters. The van der Waals surface area contributed by atoms with E-state index in [1.807, 2.05) is 0 Å². The van der Waals surface area contributed by atoms with Gasteiger partial charge in [-0.2, -0.15) is 0 Å². The molecule has 0 bridgehead atoms. The Bertz CT molecular complexity index is 416. The second-order valence-corrected chi connectivity index (χ2v) is 4.42. The average Bonchev–Trinajstić information content (AvgIpc) is 3.23. The van der Waals surface area contributed by atoms with Gasteiger partial charge in [0, 0.05) is 31.4 Å². The maximum absolute atomic E-state index is 11.6. The zero-order valence-electron chi connectivity index (χ0n) is 10.2. The fraction of sp³-hybridized carbons (Fsp3) is 0.462. The van der Waals surface area contributed by atoms with Crippen LogP contribution in [-0.4, -0.2) is 29.9 Å². The summed E-state index contributed by atoms with van der Waals surface area (Å²) >= 11 is 0. The molecule has 1 heterocycles. The third-order valence-corrected chi connectivity index (χ3v) is 2.81. The highest BCUT2D eigenvalue weighted by atomic mass is 16.2. The van der Waals surface area contributed by atoms with Gasteiger partial charge in [-0.3, -0.25) is 14.6 Å². The monoisotopic (exact) mass is 247 g/mol. The summed E-state index contributed by atoms with van der Waals surface area (Å²) in [6.07, 6.45) is 5.94. The zero-order chi connectivity index (χ0) is 12.8. The molecule has 0 radical (unpaired) electrons. The average molecular weight is 247 g/mol. The van der Waals surface area contributed by atoms with Crippen molar-refractivity contribution in [3.63, 3.8) is 0 Å². The van der Waals surface area contributed by atoms with Crippen molar-refractivity contribution >= 4 is 11.8 Å². The van der Waals surface area contributed by atoms with Gasteiger partial charge in [-0.05, 0) is 31.4 Å². The Hall–Kier alpha value is -1.91. The number of carbonyl (C=O) groups excluding carboxylic acids is 2. The molecule has 1 fully saturated rings. The van der Waals surface area contributed by atoms with Crippen LogP contribution in [0.25, 0.3) is 0 Å². The molecule has 1 aromatic heterocycles. The number of hydrogen-bond donors (Lipinski definition) is 2. The van der Waals surface area contributed by atoms with Gasteiger partial charge in [0.15, 0.2) is 0 Å². The first kappa shape index (κ1) is 12.5. The van der Waals surface area contributed by atoms with Crippen LogP contribution in [0.1, 0.15) is 29.6 Å². The van der Waals surface area contributed by atoms with Crippen LogP contribution in [0.4, 0.5) is 0 Å². The molecule has 1 aliphatic rings. The number of carbonyl (C=O) groups is 2. The van der Waals surface area contributed by atoms with Crippen LogP contribution in [0.3, 0.4) is 0 Å². The first-order valence-electron chi connectivity index (χ1n) is 6.23. The molecule has 0 spiro atoms. The summed E-state index contributed by atoms with van der Waals surface area (Å²) in [5.41, 5.74) is 0.555. The lowest BCUT2D eigenvalue weighted by molar-refractivity contribution is -0.122. The van der Waals surface area contributed by atoms with Crippen LogP contribution >= 0.6 is 0 Å². The summed E-state index contributed by atoms with van der Waals surface area (Å²) in [5.74, 6) is 0.264. The summed E-state index contributed by atoms with van der Waals surface area (Å²) in [7, 11) is 0. The number of hydrogen-bond acceptors (Lipinski definition) is 3. The molecule has 0 saturated heterocycles. The Balaban J connectivity index is 1.57. The highest BCUT2D eigenvalue weighted by Crippen LogP contribution is 2.28. The van der Waals surface area contributed by atoms with Gasteiger partial charge in [0.1, 0.15) is 0 Å². The van der Waals surface area contributed by atoms with Crippen LogP contribution in [0.5, 0.6) is 0 Å². The summed E-state index contributed by atoms with van der Waals surface area (Å²) in [6, 6.07) is 3.45. The van der Waals surface area contributed by atoms with E-state index in [-0.39, 0.29) is 17.7 Å². The topological polar surface area (TPSA) is 71.1 Å². The smallest absolute Gasteiger partial charge is 0.252 e. The van der Waals surface area contributed by atoms with Crippen molar-refractivity contribution in [1.82, 2.24) is 15.6 Å². The molecule has 1 aromatic rings. The Labute approximate surface area is 106 Å². The van der Waals surface area contributed by atoms with Crippen molar-refractivity contribution < 1.29 is 9.59 Å². The third kappa shape index (κ3) is 3.84. The van der Waals surface area contributed by atoms with E-state index < -0.39 is 0 Å². The lowest BCUT2D eigenvalue weighted by Crippen LogP contribution is -2.30. The molecular formula is C13H17N3O2. The first-order chi connectivity index (χ1) is 8.77. The van der Waals surface area contributed by atoms with Crippen molar-refractivity contribution in [2.24, 2.45) is 5.92 Å². The Kier molecular flexibility index (Phi) is 4.28. The van der Waals surface area contributed by atoms with Gasteiger partial charge >= 0.3 is 0 Å². The van der Waals surface area contributed by atoms with Crippen LogP contribution in [0.15, 0.2) is 24.5 Å². The highest BCUT2D eigenvalue weighted by Gasteiger charge is 2.28. The van der Waals surface area contributed by atoms with Crippen molar-refractivity contribution in [3.05, 3.63) is 30.1 Å². The van der Waals surface area contributed by atoms with Crippen molar-refractivity contribution in [2.75, 3.05) is 13.1 Å². The third-order valence-electron chi connectivity index (χ3n) is 2.81. The molecule has 5 nitrogen and oxygen atoms in total. The van der Waals surface area contributed by atoms with Gasteiger partial charge < -0.3 is 10.6 Å². The van der Waals surface area contributed by atoms with E-state index in [1.165, 1.54) is 6.20 Å². The predicted octanol–water partition coefficient (Wildman–Crippen LogP) is 0.728. The van der Waals surface area contributed by atoms with Crippen LogP contribution < -0.4 is 10.6 Å². The minimum Gasteiger partial charge on any atom is -0.356 e. The van der Waals surface area contributed by atoms with Crippen molar-refractivity contribution in [1.29, 1.82) is 0 Å². The summed E-state index contributed by atoms with van der Waals surface area (Å²) in [5, 5.41) is 5.64. The van der Waals surface area contributed by atoms with Gasteiger partial charge in [0.25, 0.3) is 5.91 Å². The van der Waals surface area contributed by atoms with E-state index in [0.717, 1.165) is 19.3 Å². The maximum Gasteiger partial charge on any atom is 0.252 e. The van der Waals surface area contributed by atoms with E-state index in [4.69, 9.17) is 0 Å². The van der Waals surface area contributed by atoms with E-state index >= 15 is 0 Å². The molecule has 0 aliphatic heterocycles. The van der Waals surface area contributed by atoms with E-state index in [0.29, 0.717) is 18.7 Å². The minimum atomic E-state index is -0.128. The molecule has 2 amide bonds. The predicted molar refractivity (Wildman–Crippen MR) is 66.9 cm³/mol. The van der Waals surface area contributed by atoms with Crippen LogP contribution in [-0.2, 0) is 4.79 Å². The van der Waals surface area contributed by atoms with E-state index in [2.05, 4.69) is 15.6 Å². The molecule has 0 aromatic carbocycles. The SMILES string of the molecule is O=C(NCCCNC(=O)C1CC1)c1cccnc1. The van der Waals surface area contributed by atoms with Crippen molar-refractivity contribution in [2.45, 2.75) is 19.3 Å². The second-order valence-electron chi connectivity index (χ2n) is 4.42. The molecule has 96 valence electrons. The number of nitrogens with zero attached hydrogens (tertiary/aromatic N) is 1. The fourth-order valence-corrected chi connectivity index (χ4v) is 1.59. The molecule has 0 unspecified atom stereocenters. The molecule has 5 heteroatoms. The molecule has 1 saturated carbocycles. The molecule has 18 heavy (non-hydrogen) atoms. The highest BCUT2D eigenvalue weighted by molar-refractivity contribution is 5.93. The van der Waals surface area contributed by atoms with Gasteiger partial charge in [-0.1, -0.05) is 0 Å². The summed E-state index contributed by atoms with van der Waals surface area (Å²) < 4.78 is 0. The first-order valence-corrected chi connectivity index (χ1v) is 6.23. The van der Waals surface area contributed by atoms with Crippen LogP contribution in [0, 0.1) is 5.92 Å². The number of amides is 2. The standard InChI is InChI=1S/C13H17N3O2/c17-12(10-4-5-10)15-7-2-8-16-13(18)11-3-1-6-14-9-11/h1,3,6,9-10H,2,4-5,7-8H2,(H,15,17)(H,16,18). The van der Waals surface area contributed by atoms with E-state index in [9.17, 15) is 9.59 Å². The summed E-state index contributed by atoms with van der Waals surface area (Å²) in [4.78, 5) is 26.8. The minimum absolute atomic E-state index is 0.128. The van der Waals surface area contributed by atoms with E-state index in [1.54, 1.807) is 18.3 Å². The quantitative estimate of drug-likeness (QED) is 0.728.